The van der Waals surface area contributed by atoms with Crippen LogP contribution in [-0.2, 0) is 25.8 Å². The molecule has 1 aliphatic rings. The Bertz CT molecular complexity index is 621. The first-order chi connectivity index (χ1) is 11.3. The highest BCUT2D eigenvalue weighted by Crippen LogP contribution is 2.14. The van der Waals surface area contributed by atoms with Gasteiger partial charge in [-0.1, -0.05) is 30.7 Å². The van der Waals surface area contributed by atoms with Crippen LogP contribution in [0.4, 0.5) is 0 Å². The van der Waals surface area contributed by atoms with Crippen molar-refractivity contribution in [3.8, 4) is 0 Å². The molecule has 2 aromatic rings. The molecule has 0 fully saturated rings. The van der Waals surface area contributed by atoms with Crippen LogP contribution < -0.4 is 10.3 Å². The van der Waals surface area contributed by atoms with Gasteiger partial charge in [0.1, 0.15) is 6.54 Å². The van der Waals surface area contributed by atoms with Crippen LogP contribution in [0.1, 0.15) is 48.8 Å². The van der Waals surface area contributed by atoms with Crippen LogP contribution in [0.3, 0.4) is 0 Å². The van der Waals surface area contributed by atoms with E-state index in [1.165, 1.54) is 48.8 Å². The summed E-state index contributed by atoms with van der Waals surface area (Å²) < 4.78 is 2.33. The first-order valence-electron chi connectivity index (χ1n) is 9.11. The van der Waals surface area contributed by atoms with Crippen molar-refractivity contribution in [1.82, 2.24) is 0 Å². The molecule has 2 N–H and O–H groups in total. The molecule has 2 nitrogen and oxygen atoms in total. The van der Waals surface area contributed by atoms with E-state index in [0.717, 1.165) is 25.8 Å². The zero-order chi connectivity index (χ0) is 15.9. The molecular weight excluding hydrogens is 280 g/mol. The molecule has 0 amide bonds. The molecule has 2 heteroatoms. The van der Waals surface area contributed by atoms with Gasteiger partial charge in [-0.15, -0.1) is 0 Å². The first kappa shape index (κ1) is 16.2. The second kappa shape index (κ2) is 8.26. The van der Waals surface area contributed by atoms with Gasteiger partial charge in [-0.25, -0.2) is 4.57 Å². The summed E-state index contributed by atoms with van der Waals surface area (Å²) in [6, 6.07) is 13.8. The maximum absolute atomic E-state index is 6.35. The second-order valence-electron chi connectivity index (χ2n) is 6.94. The molecule has 3 rings (SSSR count). The molecule has 122 valence electrons. The summed E-state index contributed by atoms with van der Waals surface area (Å²) in [5.41, 5.74) is 10.7. The Hall–Kier alpha value is -1.67. The normalized spacial score (nSPS) is 20.1. The molecule has 1 aromatic heterocycles. The van der Waals surface area contributed by atoms with Crippen molar-refractivity contribution in [2.24, 2.45) is 5.73 Å². The van der Waals surface area contributed by atoms with Gasteiger partial charge in [0.15, 0.2) is 12.4 Å². The van der Waals surface area contributed by atoms with Gasteiger partial charge in [0.25, 0.3) is 0 Å². The average molecular weight is 309 g/mol. The molecule has 1 atom stereocenters. The molecule has 0 saturated carbocycles. The highest BCUT2D eigenvalue weighted by Gasteiger charge is 2.09. The first-order valence-corrected chi connectivity index (χ1v) is 9.11. The highest BCUT2D eigenvalue weighted by molar-refractivity contribution is 5.24. The molecule has 1 aromatic carbocycles. The van der Waals surface area contributed by atoms with E-state index in [9.17, 15) is 0 Å². The molecule has 0 spiro atoms. The summed E-state index contributed by atoms with van der Waals surface area (Å²) >= 11 is 0. The van der Waals surface area contributed by atoms with Crippen LogP contribution in [-0.4, -0.2) is 6.04 Å². The standard InChI is InChI=1S/C21H29N2/c22-21-12-6-14-23-13-5-11-19(17-23)8-3-1-2-7-18-9-4-10-20(15-18)16-21/h4-5,9-11,13,15,17,21H,1-3,6-8,12,14,16,22H2/q+1. The number of aromatic nitrogens is 1. The highest BCUT2D eigenvalue weighted by atomic mass is 14.9. The van der Waals surface area contributed by atoms with Crippen molar-refractivity contribution in [2.75, 3.05) is 0 Å². The lowest BCUT2D eigenvalue weighted by molar-refractivity contribution is -0.697. The zero-order valence-corrected chi connectivity index (χ0v) is 14.1. The monoisotopic (exact) mass is 309 g/mol. The smallest absolute Gasteiger partial charge is 0.171 e. The van der Waals surface area contributed by atoms with Crippen molar-refractivity contribution in [3.05, 3.63) is 65.5 Å². The largest absolute Gasteiger partial charge is 0.327 e. The summed E-state index contributed by atoms with van der Waals surface area (Å²) in [4.78, 5) is 0. The molecule has 1 aliphatic heterocycles. The van der Waals surface area contributed by atoms with Gasteiger partial charge >= 0.3 is 0 Å². The molecule has 0 aliphatic carbocycles. The van der Waals surface area contributed by atoms with Crippen LogP contribution in [0.2, 0.25) is 0 Å². The summed E-state index contributed by atoms with van der Waals surface area (Å²) in [5.74, 6) is 0. The number of benzene rings is 1. The van der Waals surface area contributed by atoms with Crippen molar-refractivity contribution in [1.29, 1.82) is 0 Å². The average Bonchev–Trinajstić information content (AvgIpc) is 2.54. The Morgan fingerprint density at radius 2 is 1.65 bits per heavy atom. The third-order valence-electron chi connectivity index (χ3n) is 4.83. The lowest BCUT2D eigenvalue weighted by atomic mass is 9.98. The molecule has 23 heavy (non-hydrogen) atoms. The van der Waals surface area contributed by atoms with Crippen LogP contribution in [0.15, 0.2) is 48.8 Å². The minimum Gasteiger partial charge on any atom is -0.327 e. The van der Waals surface area contributed by atoms with Gasteiger partial charge in [0.05, 0.1) is 0 Å². The van der Waals surface area contributed by atoms with Crippen LogP contribution in [0, 0.1) is 0 Å². The van der Waals surface area contributed by atoms with E-state index in [1.54, 1.807) is 0 Å². The summed E-state index contributed by atoms with van der Waals surface area (Å²) in [6.45, 7) is 1.07. The number of fused-ring (bicyclic) bond motifs is 4. The van der Waals surface area contributed by atoms with Crippen molar-refractivity contribution >= 4 is 0 Å². The molecule has 0 radical (unpaired) electrons. The predicted octanol–water partition coefficient (Wildman–Crippen LogP) is 3.59. The van der Waals surface area contributed by atoms with Crippen molar-refractivity contribution < 1.29 is 4.57 Å². The Labute approximate surface area is 140 Å². The van der Waals surface area contributed by atoms with Gasteiger partial charge in [0.2, 0.25) is 0 Å². The number of hydrogen-bond acceptors (Lipinski definition) is 1. The third-order valence-corrected chi connectivity index (χ3v) is 4.83. The minimum absolute atomic E-state index is 0.266. The van der Waals surface area contributed by atoms with E-state index in [2.05, 4.69) is 53.4 Å². The number of nitrogens with two attached hydrogens (primary N) is 1. The maximum atomic E-state index is 6.35. The Morgan fingerprint density at radius 1 is 0.870 bits per heavy atom. The van der Waals surface area contributed by atoms with E-state index >= 15 is 0 Å². The number of aryl methyl sites for hydroxylation is 3. The SMILES string of the molecule is NC1CCC[n+]2cccc(c2)CCCCCc2cccc(c2)C1. The van der Waals surface area contributed by atoms with Crippen molar-refractivity contribution in [3.63, 3.8) is 0 Å². The molecule has 4 bridgehead atoms. The molecule has 0 saturated heterocycles. The summed E-state index contributed by atoms with van der Waals surface area (Å²) in [6.07, 6.45) is 14.0. The number of nitrogens with zero attached hydrogens (tertiary/aromatic N) is 1. The van der Waals surface area contributed by atoms with Gasteiger partial charge < -0.3 is 5.73 Å². The van der Waals surface area contributed by atoms with Crippen LogP contribution in [0.25, 0.3) is 0 Å². The van der Waals surface area contributed by atoms with Gasteiger partial charge in [-0.3, -0.25) is 0 Å². The zero-order valence-electron chi connectivity index (χ0n) is 14.1. The quantitative estimate of drug-likeness (QED) is 0.741. The Kier molecular flexibility index (Phi) is 5.82. The molecule has 1 unspecified atom stereocenters. The van der Waals surface area contributed by atoms with E-state index in [0.29, 0.717) is 0 Å². The van der Waals surface area contributed by atoms with Gasteiger partial charge in [0, 0.05) is 24.1 Å². The van der Waals surface area contributed by atoms with Gasteiger partial charge in [-0.05, 0) is 55.7 Å². The predicted molar refractivity (Wildman–Crippen MR) is 95.3 cm³/mol. The van der Waals surface area contributed by atoms with Crippen LogP contribution >= 0.6 is 0 Å². The summed E-state index contributed by atoms with van der Waals surface area (Å²) in [5, 5.41) is 0. The topological polar surface area (TPSA) is 29.9 Å². The fraction of sp³-hybridized carbons (Fsp3) is 0.476. The van der Waals surface area contributed by atoms with Gasteiger partial charge in [-0.2, -0.15) is 0 Å². The lowest BCUT2D eigenvalue weighted by Crippen LogP contribution is -2.34. The number of hydrogen-bond donors (Lipinski definition) is 1. The Morgan fingerprint density at radius 3 is 2.57 bits per heavy atom. The molecule has 2 heterocycles. The number of pyridine rings is 1. The lowest BCUT2D eigenvalue weighted by Gasteiger charge is -2.12. The van der Waals surface area contributed by atoms with E-state index in [1.807, 2.05) is 0 Å². The second-order valence-corrected chi connectivity index (χ2v) is 6.94. The summed E-state index contributed by atoms with van der Waals surface area (Å²) in [7, 11) is 0. The minimum atomic E-state index is 0.266. The van der Waals surface area contributed by atoms with Crippen molar-refractivity contribution in [2.45, 2.75) is 64.0 Å². The third kappa shape index (κ3) is 5.18. The number of rotatable bonds is 0. The fourth-order valence-corrected chi connectivity index (χ4v) is 3.55. The Balaban J connectivity index is 1.69. The van der Waals surface area contributed by atoms with E-state index in [4.69, 9.17) is 5.73 Å². The maximum Gasteiger partial charge on any atom is 0.171 e. The molecular formula is C21H29N2+. The van der Waals surface area contributed by atoms with Crippen LogP contribution in [0.5, 0.6) is 0 Å². The fourth-order valence-electron chi connectivity index (χ4n) is 3.55. The van der Waals surface area contributed by atoms with E-state index < -0.39 is 0 Å². The van der Waals surface area contributed by atoms with E-state index in [-0.39, 0.29) is 6.04 Å².